The van der Waals surface area contributed by atoms with E-state index >= 15 is 0 Å². The number of hydrogen-bond acceptors (Lipinski definition) is 2. The molecule has 98 valence electrons. The first-order chi connectivity index (χ1) is 7.84. The highest BCUT2D eigenvalue weighted by molar-refractivity contribution is 5.85. The Bertz CT molecular complexity index is 267. The number of carbonyl (C=O) groups excluding carboxylic acids is 1. The SMILES string of the molecule is Cl.O=C(C1CCCNC1)N1CC2CCCC2C1. The molecule has 3 fully saturated rings. The summed E-state index contributed by atoms with van der Waals surface area (Å²) in [5.74, 6) is 2.37. The molecule has 0 bridgehead atoms. The standard InChI is InChI=1S/C13H22N2O.ClH/c16-13(10-5-2-6-14-7-10)15-8-11-3-1-4-12(11)9-15;/h10-12,14H,1-9H2;1H. The number of carbonyl (C=O) groups is 1. The Balaban J connectivity index is 0.00000108. The largest absolute Gasteiger partial charge is 0.342 e. The first-order valence-electron chi connectivity index (χ1n) is 6.84. The van der Waals surface area contributed by atoms with Crippen LogP contribution in [0.1, 0.15) is 32.1 Å². The van der Waals surface area contributed by atoms with Crippen LogP contribution >= 0.6 is 12.4 Å². The average Bonchev–Trinajstić information content (AvgIpc) is 2.89. The van der Waals surface area contributed by atoms with E-state index in [4.69, 9.17) is 0 Å². The molecule has 3 nitrogen and oxygen atoms in total. The van der Waals surface area contributed by atoms with Gasteiger partial charge in [0, 0.05) is 19.6 Å². The molecular weight excluding hydrogens is 236 g/mol. The monoisotopic (exact) mass is 258 g/mol. The van der Waals surface area contributed by atoms with Crippen molar-refractivity contribution in [2.45, 2.75) is 32.1 Å². The Labute approximate surface area is 110 Å². The summed E-state index contributed by atoms with van der Waals surface area (Å²) >= 11 is 0. The molecule has 2 saturated heterocycles. The smallest absolute Gasteiger partial charge is 0.226 e. The number of fused-ring (bicyclic) bond motifs is 1. The normalized spacial score (nSPS) is 36.5. The minimum absolute atomic E-state index is 0. The summed E-state index contributed by atoms with van der Waals surface area (Å²) in [7, 11) is 0. The number of likely N-dealkylation sites (tertiary alicyclic amines) is 1. The lowest BCUT2D eigenvalue weighted by atomic mass is 9.98. The topological polar surface area (TPSA) is 32.3 Å². The van der Waals surface area contributed by atoms with Crippen LogP contribution in [0.2, 0.25) is 0 Å². The van der Waals surface area contributed by atoms with Crippen LogP contribution in [0.3, 0.4) is 0 Å². The van der Waals surface area contributed by atoms with Gasteiger partial charge >= 0.3 is 0 Å². The Hall–Kier alpha value is -0.280. The van der Waals surface area contributed by atoms with E-state index in [0.29, 0.717) is 5.91 Å². The molecule has 17 heavy (non-hydrogen) atoms. The molecular formula is C13H23ClN2O. The quantitative estimate of drug-likeness (QED) is 0.776. The van der Waals surface area contributed by atoms with Crippen molar-refractivity contribution >= 4 is 18.3 Å². The number of rotatable bonds is 1. The average molecular weight is 259 g/mol. The number of hydrogen-bond donors (Lipinski definition) is 1. The first-order valence-corrected chi connectivity index (χ1v) is 6.84. The highest BCUT2D eigenvalue weighted by Crippen LogP contribution is 2.38. The molecule has 3 atom stereocenters. The lowest BCUT2D eigenvalue weighted by Crippen LogP contribution is -2.42. The molecule has 3 aliphatic rings. The zero-order valence-electron chi connectivity index (χ0n) is 10.4. The van der Waals surface area contributed by atoms with Crippen molar-refractivity contribution in [2.75, 3.05) is 26.2 Å². The molecule has 1 N–H and O–H groups in total. The Morgan fingerprint density at radius 2 is 1.76 bits per heavy atom. The van der Waals surface area contributed by atoms with E-state index in [0.717, 1.165) is 50.9 Å². The predicted molar refractivity (Wildman–Crippen MR) is 70.3 cm³/mol. The zero-order valence-corrected chi connectivity index (χ0v) is 11.2. The van der Waals surface area contributed by atoms with E-state index in [1.807, 2.05) is 0 Å². The lowest BCUT2D eigenvalue weighted by molar-refractivity contribution is -0.135. The minimum atomic E-state index is 0. The van der Waals surface area contributed by atoms with E-state index in [1.165, 1.54) is 19.3 Å². The van der Waals surface area contributed by atoms with Gasteiger partial charge in [0.2, 0.25) is 5.91 Å². The third-order valence-electron chi connectivity index (χ3n) is 4.68. The van der Waals surface area contributed by atoms with Gasteiger partial charge in [-0.2, -0.15) is 0 Å². The number of amides is 1. The van der Waals surface area contributed by atoms with E-state index in [9.17, 15) is 4.79 Å². The lowest BCUT2D eigenvalue weighted by Gasteiger charge is -2.27. The minimum Gasteiger partial charge on any atom is -0.342 e. The van der Waals surface area contributed by atoms with E-state index in [1.54, 1.807) is 0 Å². The molecule has 1 saturated carbocycles. The van der Waals surface area contributed by atoms with Crippen LogP contribution in [0.15, 0.2) is 0 Å². The molecule has 0 aromatic heterocycles. The Kier molecular flexibility index (Phi) is 4.31. The summed E-state index contributed by atoms with van der Waals surface area (Å²) in [5.41, 5.74) is 0. The zero-order chi connectivity index (χ0) is 11.0. The van der Waals surface area contributed by atoms with Gasteiger partial charge in [0.15, 0.2) is 0 Å². The first kappa shape index (κ1) is 13.2. The highest BCUT2D eigenvalue weighted by Gasteiger charge is 2.39. The van der Waals surface area contributed by atoms with Crippen molar-refractivity contribution in [3.8, 4) is 0 Å². The second-order valence-corrected chi connectivity index (χ2v) is 5.74. The number of halogens is 1. The van der Waals surface area contributed by atoms with Crippen molar-refractivity contribution in [1.82, 2.24) is 10.2 Å². The Morgan fingerprint density at radius 1 is 1.06 bits per heavy atom. The summed E-state index contributed by atoms with van der Waals surface area (Å²) < 4.78 is 0. The summed E-state index contributed by atoms with van der Waals surface area (Å²) in [6.07, 6.45) is 6.37. The van der Waals surface area contributed by atoms with Gasteiger partial charge in [0.05, 0.1) is 5.92 Å². The molecule has 2 heterocycles. The van der Waals surface area contributed by atoms with Crippen molar-refractivity contribution < 1.29 is 4.79 Å². The molecule has 4 heteroatoms. The van der Waals surface area contributed by atoms with Crippen molar-refractivity contribution in [2.24, 2.45) is 17.8 Å². The molecule has 3 rings (SSSR count). The molecule has 0 aromatic rings. The molecule has 0 radical (unpaired) electrons. The maximum Gasteiger partial charge on any atom is 0.226 e. The van der Waals surface area contributed by atoms with Gasteiger partial charge in [0.25, 0.3) is 0 Å². The molecule has 2 aliphatic heterocycles. The fourth-order valence-corrected chi connectivity index (χ4v) is 3.74. The molecule has 3 unspecified atom stereocenters. The molecule has 0 spiro atoms. The summed E-state index contributed by atoms with van der Waals surface area (Å²) in [4.78, 5) is 14.5. The van der Waals surface area contributed by atoms with Gasteiger partial charge in [-0.05, 0) is 44.1 Å². The number of piperidine rings is 1. The highest BCUT2D eigenvalue weighted by atomic mass is 35.5. The van der Waals surface area contributed by atoms with Crippen LogP contribution in [0.5, 0.6) is 0 Å². The van der Waals surface area contributed by atoms with Crippen LogP contribution in [0, 0.1) is 17.8 Å². The molecule has 1 aliphatic carbocycles. The molecule has 0 aromatic carbocycles. The van der Waals surface area contributed by atoms with Crippen LogP contribution < -0.4 is 5.32 Å². The fourth-order valence-electron chi connectivity index (χ4n) is 3.74. The van der Waals surface area contributed by atoms with E-state index in [2.05, 4.69) is 10.2 Å². The van der Waals surface area contributed by atoms with Crippen LogP contribution in [0.4, 0.5) is 0 Å². The van der Waals surface area contributed by atoms with Crippen molar-refractivity contribution in [3.63, 3.8) is 0 Å². The van der Waals surface area contributed by atoms with Crippen LogP contribution in [-0.2, 0) is 4.79 Å². The van der Waals surface area contributed by atoms with Crippen LogP contribution in [-0.4, -0.2) is 37.0 Å². The summed E-state index contributed by atoms with van der Waals surface area (Å²) in [6.45, 7) is 4.11. The second kappa shape index (κ2) is 5.57. The summed E-state index contributed by atoms with van der Waals surface area (Å²) in [5, 5.41) is 3.34. The fraction of sp³-hybridized carbons (Fsp3) is 0.923. The van der Waals surface area contributed by atoms with E-state index in [-0.39, 0.29) is 18.3 Å². The van der Waals surface area contributed by atoms with Gasteiger partial charge in [-0.15, -0.1) is 12.4 Å². The number of nitrogens with zero attached hydrogens (tertiary/aromatic N) is 1. The predicted octanol–water partition coefficient (Wildman–Crippen LogP) is 1.67. The van der Waals surface area contributed by atoms with Gasteiger partial charge < -0.3 is 10.2 Å². The Morgan fingerprint density at radius 3 is 2.35 bits per heavy atom. The summed E-state index contributed by atoms with van der Waals surface area (Å²) in [6, 6.07) is 0. The van der Waals surface area contributed by atoms with Crippen LogP contribution in [0.25, 0.3) is 0 Å². The van der Waals surface area contributed by atoms with Crippen molar-refractivity contribution in [1.29, 1.82) is 0 Å². The van der Waals surface area contributed by atoms with Gasteiger partial charge in [-0.1, -0.05) is 6.42 Å². The number of nitrogens with one attached hydrogen (secondary N) is 1. The maximum absolute atomic E-state index is 12.3. The second-order valence-electron chi connectivity index (χ2n) is 5.74. The third kappa shape index (κ3) is 2.60. The van der Waals surface area contributed by atoms with Crippen molar-refractivity contribution in [3.05, 3.63) is 0 Å². The van der Waals surface area contributed by atoms with Gasteiger partial charge in [0.1, 0.15) is 0 Å². The van der Waals surface area contributed by atoms with E-state index < -0.39 is 0 Å². The third-order valence-corrected chi connectivity index (χ3v) is 4.68. The van der Waals surface area contributed by atoms with Gasteiger partial charge in [-0.25, -0.2) is 0 Å². The van der Waals surface area contributed by atoms with Gasteiger partial charge in [-0.3, -0.25) is 4.79 Å². The maximum atomic E-state index is 12.3. The molecule has 1 amide bonds.